The van der Waals surface area contributed by atoms with Gasteiger partial charge in [0.05, 0.1) is 24.5 Å². The molecule has 0 aliphatic heterocycles. The maximum absolute atomic E-state index is 13.5. The molecular formula is C15H12FN5O. The lowest BCUT2D eigenvalue weighted by Crippen LogP contribution is -2.15. The lowest BCUT2D eigenvalue weighted by Gasteiger charge is -2.06. The van der Waals surface area contributed by atoms with Crippen LogP contribution in [0.15, 0.2) is 55.4 Å². The molecular weight excluding hydrogens is 285 g/mol. The van der Waals surface area contributed by atoms with E-state index in [1.807, 2.05) is 0 Å². The van der Waals surface area contributed by atoms with Crippen LogP contribution >= 0.6 is 0 Å². The Morgan fingerprint density at radius 1 is 1.23 bits per heavy atom. The number of hydrogen-bond donors (Lipinski definition) is 1. The quantitative estimate of drug-likeness (QED) is 0.799. The Morgan fingerprint density at radius 2 is 2.00 bits per heavy atom. The number of nitrogens with one attached hydrogen (secondary N) is 1. The number of anilines is 1. The second-order valence-corrected chi connectivity index (χ2v) is 4.56. The van der Waals surface area contributed by atoms with Crippen LogP contribution in [-0.2, 0) is 11.2 Å². The van der Waals surface area contributed by atoms with Crippen LogP contribution < -0.4 is 5.32 Å². The number of aromatic nitrogens is 4. The van der Waals surface area contributed by atoms with Crippen LogP contribution in [0.1, 0.15) is 5.56 Å². The average molecular weight is 297 g/mol. The van der Waals surface area contributed by atoms with E-state index in [4.69, 9.17) is 0 Å². The zero-order valence-electron chi connectivity index (χ0n) is 11.5. The van der Waals surface area contributed by atoms with Crippen LogP contribution in [0.25, 0.3) is 5.95 Å². The maximum atomic E-state index is 13.5. The van der Waals surface area contributed by atoms with Crippen LogP contribution in [0.4, 0.5) is 10.1 Å². The summed E-state index contributed by atoms with van der Waals surface area (Å²) >= 11 is 0. The summed E-state index contributed by atoms with van der Waals surface area (Å²) in [5.41, 5.74) is 0.793. The molecule has 6 nitrogen and oxygen atoms in total. The zero-order chi connectivity index (χ0) is 15.4. The summed E-state index contributed by atoms with van der Waals surface area (Å²) in [6, 6.07) is 6.17. The molecule has 2 heterocycles. The second kappa shape index (κ2) is 6.13. The van der Waals surface area contributed by atoms with Crippen molar-refractivity contribution in [2.75, 3.05) is 5.32 Å². The molecule has 0 bridgehead atoms. The molecule has 0 radical (unpaired) electrons. The smallest absolute Gasteiger partial charge is 0.234 e. The van der Waals surface area contributed by atoms with Crippen molar-refractivity contribution in [1.82, 2.24) is 19.5 Å². The summed E-state index contributed by atoms with van der Waals surface area (Å²) in [4.78, 5) is 24.0. The summed E-state index contributed by atoms with van der Waals surface area (Å²) in [6.07, 6.45) is 7.84. The van der Waals surface area contributed by atoms with Crippen LogP contribution in [0.3, 0.4) is 0 Å². The molecule has 22 heavy (non-hydrogen) atoms. The predicted molar refractivity (Wildman–Crippen MR) is 77.9 cm³/mol. The normalized spacial score (nSPS) is 10.4. The minimum absolute atomic E-state index is 0.0457. The molecule has 0 aliphatic carbocycles. The molecule has 0 saturated carbocycles. The molecule has 0 fully saturated rings. The number of hydrogen-bond acceptors (Lipinski definition) is 4. The first-order valence-corrected chi connectivity index (χ1v) is 6.56. The molecule has 2 aromatic heterocycles. The van der Waals surface area contributed by atoms with E-state index < -0.39 is 5.82 Å². The monoisotopic (exact) mass is 297 g/mol. The highest BCUT2D eigenvalue weighted by Crippen LogP contribution is 2.10. The van der Waals surface area contributed by atoms with Crippen LogP contribution in [-0.4, -0.2) is 25.4 Å². The van der Waals surface area contributed by atoms with E-state index in [1.165, 1.54) is 18.5 Å². The number of imidazole rings is 1. The van der Waals surface area contributed by atoms with E-state index in [9.17, 15) is 9.18 Å². The minimum atomic E-state index is -0.399. The van der Waals surface area contributed by atoms with Crippen molar-refractivity contribution in [1.29, 1.82) is 0 Å². The van der Waals surface area contributed by atoms with Crippen LogP contribution in [0, 0.1) is 5.82 Å². The highest BCUT2D eigenvalue weighted by atomic mass is 19.1. The van der Waals surface area contributed by atoms with E-state index in [0.717, 1.165) is 0 Å². The molecule has 0 spiro atoms. The number of benzene rings is 1. The fourth-order valence-corrected chi connectivity index (χ4v) is 1.92. The van der Waals surface area contributed by atoms with Crippen molar-refractivity contribution in [3.05, 3.63) is 66.8 Å². The number of nitrogens with zero attached hydrogens (tertiary/aromatic N) is 4. The molecule has 0 saturated heterocycles. The van der Waals surface area contributed by atoms with Gasteiger partial charge in [0.15, 0.2) is 0 Å². The van der Waals surface area contributed by atoms with Crippen molar-refractivity contribution in [2.45, 2.75) is 6.42 Å². The van der Waals surface area contributed by atoms with Gasteiger partial charge in [-0.2, -0.15) is 0 Å². The summed E-state index contributed by atoms with van der Waals surface area (Å²) < 4.78 is 15.1. The van der Waals surface area contributed by atoms with Gasteiger partial charge in [-0.3, -0.25) is 9.36 Å². The standard InChI is InChI=1S/C15H12FN5O/c16-13-4-2-1-3-11(13)7-14(22)20-12-8-18-15(19-9-12)21-6-5-17-10-21/h1-6,8-10H,7H2,(H,20,22). The van der Waals surface area contributed by atoms with Crippen molar-refractivity contribution < 1.29 is 9.18 Å². The van der Waals surface area contributed by atoms with Gasteiger partial charge in [0.25, 0.3) is 0 Å². The first-order chi connectivity index (χ1) is 10.7. The van der Waals surface area contributed by atoms with Gasteiger partial charge >= 0.3 is 0 Å². The van der Waals surface area contributed by atoms with Gasteiger partial charge in [0.1, 0.15) is 12.1 Å². The lowest BCUT2D eigenvalue weighted by molar-refractivity contribution is -0.115. The van der Waals surface area contributed by atoms with E-state index in [0.29, 0.717) is 17.2 Å². The van der Waals surface area contributed by atoms with Gasteiger partial charge in [-0.15, -0.1) is 0 Å². The molecule has 7 heteroatoms. The Morgan fingerprint density at radius 3 is 2.68 bits per heavy atom. The number of carbonyl (C=O) groups excluding carboxylic acids is 1. The summed E-state index contributed by atoms with van der Waals surface area (Å²) in [7, 11) is 0. The molecule has 0 unspecified atom stereocenters. The molecule has 1 N–H and O–H groups in total. The van der Waals surface area contributed by atoms with Crippen LogP contribution in [0.2, 0.25) is 0 Å². The zero-order valence-corrected chi connectivity index (χ0v) is 11.5. The Balaban J connectivity index is 1.66. The second-order valence-electron chi connectivity index (χ2n) is 4.56. The first kappa shape index (κ1) is 13.9. The summed E-state index contributed by atoms with van der Waals surface area (Å²) in [5, 5.41) is 2.63. The Bertz CT molecular complexity index is 771. The molecule has 0 atom stereocenters. The maximum Gasteiger partial charge on any atom is 0.234 e. The van der Waals surface area contributed by atoms with E-state index >= 15 is 0 Å². The Hall–Kier alpha value is -3.09. The van der Waals surface area contributed by atoms with Crippen molar-refractivity contribution in [3.63, 3.8) is 0 Å². The van der Waals surface area contributed by atoms with Crippen LogP contribution in [0.5, 0.6) is 0 Å². The Labute approximate surface area is 125 Å². The third-order valence-corrected chi connectivity index (χ3v) is 2.97. The van der Waals surface area contributed by atoms with Crippen molar-refractivity contribution >= 4 is 11.6 Å². The van der Waals surface area contributed by atoms with E-state index in [1.54, 1.807) is 41.5 Å². The van der Waals surface area contributed by atoms with Gasteiger partial charge in [-0.05, 0) is 11.6 Å². The topological polar surface area (TPSA) is 72.7 Å². The lowest BCUT2D eigenvalue weighted by atomic mass is 10.1. The van der Waals surface area contributed by atoms with E-state index in [-0.39, 0.29) is 12.3 Å². The predicted octanol–water partition coefficient (Wildman–Crippen LogP) is 1.98. The van der Waals surface area contributed by atoms with Gasteiger partial charge in [-0.1, -0.05) is 18.2 Å². The highest BCUT2D eigenvalue weighted by molar-refractivity contribution is 5.91. The average Bonchev–Trinajstić information content (AvgIpc) is 3.05. The molecule has 110 valence electrons. The third-order valence-electron chi connectivity index (χ3n) is 2.97. The minimum Gasteiger partial charge on any atom is -0.323 e. The molecule has 1 amide bonds. The summed E-state index contributed by atoms with van der Waals surface area (Å²) in [6.45, 7) is 0. The van der Waals surface area contributed by atoms with Crippen molar-refractivity contribution in [3.8, 4) is 5.95 Å². The SMILES string of the molecule is O=C(Cc1ccccc1F)Nc1cnc(-n2ccnc2)nc1. The largest absolute Gasteiger partial charge is 0.323 e. The fourth-order valence-electron chi connectivity index (χ4n) is 1.92. The third kappa shape index (κ3) is 3.14. The highest BCUT2D eigenvalue weighted by Gasteiger charge is 2.08. The number of amides is 1. The number of carbonyl (C=O) groups is 1. The number of halogens is 1. The first-order valence-electron chi connectivity index (χ1n) is 6.56. The van der Waals surface area contributed by atoms with E-state index in [2.05, 4.69) is 20.3 Å². The van der Waals surface area contributed by atoms with Gasteiger partial charge in [0, 0.05) is 12.4 Å². The van der Waals surface area contributed by atoms with Crippen molar-refractivity contribution in [2.24, 2.45) is 0 Å². The fraction of sp³-hybridized carbons (Fsp3) is 0.0667. The number of rotatable bonds is 4. The van der Waals surface area contributed by atoms with Gasteiger partial charge in [0.2, 0.25) is 11.9 Å². The molecule has 1 aromatic carbocycles. The van der Waals surface area contributed by atoms with Gasteiger partial charge < -0.3 is 5.32 Å². The summed E-state index contributed by atoms with van der Waals surface area (Å²) in [5.74, 6) is -0.280. The molecule has 0 aliphatic rings. The van der Waals surface area contributed by atoms with Gasteiger partial charge in [-0.25, -0.2) is 19.3 Å². The Kier molecular flexibility index (Phi) is 3.86. The molecule has 3 aromatic rings. The molecule has 3 rings (SSSR count).